The van der Waals surface area contributed by atoms with Crippen LogP contribution in [0.15, 0.2) is 30.5 Å². The lowest BCUT2D eigenvalue weighted by Crippen LogP contribution is -2.05. The van der Waals surface area contributed by atoms with Gasteiger partial charge in [0.1, 0.15) is 5.52 Å². The van der Waals surface area contributed by atoms with E-state index in [0.29, 0.717) is 11.1 Å². The monoisotopic (exact) mass is 316 g/mol. The molecule has 3 rings (SSSR count). The second-order valence-corrected chi connectivity index (χ2v) is 4.68. The first-order valence-electron chi connectivity index (χ1n) is 6.73. The number of rotatable bonds is 4. The van der Waals surface area contributed by atoms with Crippen molar-refractivity contribution < 1.29 is 19.6 Å². The molecule has 0 fully saturated rings. The molecular formula is C14H12N4O5. The lowest BCUT2D eigenvalue weighted by atomic mass is 10.3. The summed E-state index contributed by atoms with van der Waals surface area (Å²) in [6, 6.07) is 5.64. The highest BCUT2D eigenvalue weighted by atomic mass is 16.6. The molecule has 2 heterocycles. The molecule has 0 amide bonds. The van der Waals surface area contributed by atoms with E-state index in [2.05, 4.69) is 10.2 Å². The number of aromatic nitrogens is 3. The molecule has 1 aromatic carbocycles. The van der Waals surface area contributed by atoms with E-state index >= 15 is 0 Å². The highest BCUT2D eigenvalue weighted by Crippen LogP contribution is 2.31. The Kier molecular flexibility index (Phi) is 3.45. The van der Waals surface area contributed by atoms with E-state index in [0.717, 1.165) is 0 Å². The van der Waals surface area contributed by atoms with Gasteiger partial charge in [-0.05, 0) is 19.1 Å². The van der Waals surface area contributed by atoms with Crippen LogP contribution in [0.25, 0.3) is 16.6 Å². The average Bonchev–Trinajstić information content (AvgIpc) is 3.08. The number of fused-ring (bicyclic) bond motifs is 1. The van der Waals surface area contributed by atoms with Crippen LogP contribution in [0.1, 0.15) is 17.4 Å². The molecule has 3 aromatic rings. The van der Waals surface area contributed by atoms with Gasteiger partial charge < -0.3 is 9.84 Å². The zero-order valence-corrected chi connectivity index (χ0v) is 12.0. The Morgan fingerprint density at radius 2 is 2.13 bits per heavy atom. The van der Waals surface area contributed by atoms with E-state index in [-0.39, 0.29) is 29.4 Å². The fourth-order valence-corrected chi connectivity index (χ4v) is 2.24. The molecule has 2 aromatic heterocycles. The zero-order chi connectivity index (χ0) is 16.6. The Morgan fingerprint density at radius 3 is 2.74 bits per heavy atom. The van der Waals surface area contributed by atoms with Crippen LogP contribution in [-0.2, 0) is 4.74 Å². The van der Waals surface area contributed by atoms with Crippen molar-refractivity contribution in [1.82, 2.24) is 14.8 Å². The van der Waals surface area contributed by atoms with Crippen LogP contribution in [0, 0.1) is 10.1 Å². The Balaban J connectivity index is 2.06. The number of carbonyl (C=O) groups excluding carboxylic acids is 1. The fraction of sp³-hybridized carbons (Fsp3) is 0.143. The minimum atomic E-state index is -0.598. The number of non-ortho nitro benzene ring substituents is 1. The van der Waals surface area contributed by atoms with Gasteiger partial charge in [-0.15, -0.1) is 0 Å². The standard InChI is InChI=1S/C14H12N4O5/c1-2-23-14(20)12-10-7-17(13(19)11(10)15-16-12)8-3-5-9(6-4-8)18(21)22/h3-7,15,19H,2H2,1H3. The fourth-order valence-electron chi connectivity index (χ4n) is 2.24. The molecule has 0 spiro atoms. The number of benzene rings is 1. The minimum absolute atomic E-state index is 0.0557. The quantitative estimate of drug-likeness (QED) is 0.432. The van der Waals surface area contributed by atoms with Crippen LogP contribution in [-0.4, -0.2) is 37.4 Å². The molecule has 0 radical (unpaired) electrons. The smallest absolute Gasteiger partial charge is 0.359 e. The van der Waals surface area contributed by atoms with E-state index in [4.69, 9.17) is 4.74 Å². The first kappa shape index (κ1) is 14.6. The van der Waals surface area contributed by atoms with Gasteiger partial charge in [0.15, 0.2) is 5.69 Å². The van der Waals surface area contributed by atoms with Crippen molar-refractivity contribution in [3.05, 3.63) is 46.3 Å². The molecule has 0 aliphatic rings. The minimum Gasteiger partial charge on any atom is -0.493 e. The molecular weight excluding hydrogens is 304 g/mol. The maximum Gasteiger partial charge on any atom is 0.359 e. The molecule has 0 saturated heterocycles. The van der Waals surface area contributed by atoms with Gasteiger partial charge in [-0.1, -0.05) is 0 Å². The number of nitro benzene ring substituents is 1. The lowest BCUT2D eigenvalue weighted by molar-refractivity contribution is -0.384. The molecule has 118 valence electrons. The number of nitrogens with one attached hydrogen (secondary N) is 1. The Labute approximate surface area is 129 Å². The maximum absolute atomic E-state index is 11.8. The molecule has 0 bridgehead atoms. The number of carbonyl (C=O) groups is 1. The highest BCUT2D eigenvalue weighted by Gasteiger charge is 2.21. The van der Waals surface area contributed by atoms with Gasteiger partial charge in [-0.25, -0.2) is 4.79 Å². The Morgan fingerprint density at radius 1 is 1.43 bits per heavy atom. The number of esters is 1. The number of H-pyrrole nitrogens is 1. The summed E-state index contributed by atoms with van der Waals surface area (Å²) in [5, 5.41) is 27.8. The van der Waals surface area contributed by atoms with Gasteiger partial charge in [-0.3, -0.25) is 19.8 Å². The lowest BCUT2D eigenvalue weighted by Gasteiger charge is -2.04. The summed E-state index contributed by atoms with van der Waals surface area (Å²) in [4.78, 5) is 22.0. The molecule has 0 saturated carbocycles. The van der Waals surface area contributed by atoms with Gasteiger partial charge in [-0.2, -0.15) is 5.10 Å². The number of hydrogen-bond acceptors (Lipinski definition) is 6. The summed E-state index contributed by atoms with van der Waals surface area (Å²) < 4.78 is 6.30. The predicted octanol–water partition coefficient (Wildman–Crippen LogP) is 2.14. The van der Waals surface area contributed by atoms with Crippen molar-refractivity contribution in [1.29, 1.82) is 0 Å². The van der Waals surface area contributed by atoms with Crippen LogP contribution in [0.5, 0.6) is 5.88 Å². The van der Waals surface area contributed by atoms with E-state index < -0.39 is 10.9 Å². The number of ether oxygens (including phenoxy) is 1. The summed E-state index contributed by atoms with van der Waals surface area (Å²) in [6.07, 6.45) is 1.52. The van der Waals surface area contributed by atoms with Crippen LogP contribution in [0.4, 0.5) is 5.69 Å². The van der Waals surface area contributed by atoms with Gasteiger partial charge in [0.05, 0.1) is 16.9 Å². The van der Waals surface area contributed by atoms with Gasteiger partial charge in [0.25, 0.3) is 5.69 Å². The Hall–Kier alpha value is -3.36. The van der Waals surface area contributed by atoms with Crippen molar-refractivity contribution >= 4 is 22.6 Å². The summed E-state index contributed by atoms with van der Waals surface area (Å²) in [5.74, 6) is -0.753. The van der Waals surface area contributed by atoms with Crippen molar-refractivity contribution in [2.75, 3.05) is 6.61 Å². The summed E-state index contributed by atoms with van der Waals surface area (Å²) in [7, 11) is 0. The van der Waals surface area contributed by atoms with E-state index in [9.17, 15) is 20.0 Å². The van der Waals surface area contributed by atoms with Crippen molar-refractivity contribution in [2.24, 2.45) is 0 Å². The van der Waals surface area contributed by atoms with Crippen molar-refractivity contribution in [2.45, 2.75) is 6.92 Å². The zero-order valence-electron chi connectivity index (χ0n) is 12.0. The molecule has 23 heavy (non-hydrogen) atoms. The second-order valence-electron chi connectivity index (χ2n) is 4.68. The number of aromatic hydroxyl groups is 1. The molecule has 0 aliphatic heterocycles. The number of hydrogen-bond donors (Lipinski definition) is 2. The normalized spacial score (nSPS) is 10.8. The molecule has 9 nitrogen and oxygen atoms in total. The number of aromatic amines is 1. The topological polar surface area (TPSA) is 123 Å². The maximum atomic E-state index is 11.8. The van der Waals surface area contributed by atoms with Crippen molar-refractivity contribution in [3.63, 3.8) is 0 Å². The summed E-state index contributed by atoms with van der Waals surface area (Å²) in [6.45, 7) is 1.89. The third-order valence-electron chi connectivity index (χ3n) is 3.32. The average molecular weight is 316 g/mol. The van der Waals surface area contributed by atoms with Crippen LogP contribution in [0.3, 0.4) is 0 Å². The predicted molar refractivity (Wildman–Crippen MR) is 79.7 cm³/mol. The largest absolute Gasteiger partial charge is 0.493 e. The van der Waals surface area contributed by atoms with Gasteiger partial charge >= 0.3 is 5.97 Å². The highest BCUT2D eigenvalue weighted by molar-refractivity contribution is 6.03. The summed E-state index contributed by atoms with van der Waals surface area (Å²) >= 11 is 0. The van der Waals surface area contributed by atoms with E-state index in [1.165, 1.54) is 35.0 Å². The van der Waals surface area contributed by atoms with E-state index in [1.807, 2.05) is 0 Å². The van der Waals surface area contributed by atoms with E-state index in [1.54, 1.807) is 6.92 Å². The van der Waals surface area contributed by atoms with Crippen LogP contribution >= 0.6 is 0 Å². The van der Waals surface area contributed by atoms with Crippen LogP contribution in [0.2, 0.25) is 0 Å². The van der Waals surface area contributed by atoms with Gasteiger partial charge in [0.2, 0.25) is 5.88 Å². The third-order valence-corrected chi connectivity index (χ3v) is 3.32. The number of nitro groups is 1. The SMILES string of the molecule is CCOC(=O)c1n[nH]c2c(O)n(-c3ccc([N+](=O)[O-])cc3)cc12. The van der Waals surface area contributed by atoms with Crippen LogP contribution < -0.4 is 0 Å². The third kappa shape index (κ3) is 2.37. The number of nitrogens with zero attached hydrogens (tertiary/aromatic N) is 3. The molecule has 2 N–H and O–H groups in total. The Bertz CT molecular complexity index is 894. The summed E-state index contributed by atoms with van der Waals surface area (Å²) in [5.41, 5.74) is 0.802. The second kappa shape index (κ2) is 5.44. The molecule has 0 atom stereocenters. The molecule has 9 heteroatoms. The molecule has 0 aliphatic carbocycles. The first-order valence-corrected chi connectivity index (χ1v) is 6.73. The molecule has 0 unspecified atom stereocenters. The first-order chi connectivity index (χ1) is 11.0. The van der Waals surface area contributed by atoms with Gasteiger partial charge in [0, 0.05) is 24.0 Å². The van der Waals surface area contributed by atoms with Crippen molar-refractivity contribution in [3.8, 4) is 11.6 Å².